The second-order valence-electron chi connectivity index (χ2n) is 6.60. The Labute approximate surface area is 107 Å². The van der Waals surface area contributed by atoms with Crippen LogP contribution in [0.2, 0.25) is 0 Å². The van der Waals surface area contributed by atoms with Crippen molar-refractivity contribution in [3.63, 3.8) is 0 Å². The van der Waals surface area contributed by atoms with Crippen LogP contribution >= 0.6 is 0 Å². The van der Waals surface area contributed by atoms with Gasteiger partial charge in [0.1, 0.15) is 0 Å². The minimum absolute atomic E-state index is 0.184. The van der Waals surface area contributed by atoms with Crippen molar-refractivity contribution in [2.45, 2.75) is 65.1 Å². The lowest BCUT2D eigenvalue weighted by atomic mass is 9.82. The van der Waals surface area contributed by atoms with E-state index in [1.165, 1.54) is 19.3 Å². The lowest BCUT2D eigenvalue weighted by Gasteiger charge is -2.42. The van der Waals surface area contributed by atoms with Gasteiger partial charge in [0.05, 0.1) is 6.10 Å². The molecule has 3 nitrogen and oxygen atoms in total. The highest BCUT2D eigenvalue weighted by atomic mass is 16.5. The molecular weight excluding hydrogens is 212 g/mol. The summed E-state index contributed by atoms with van der Waals surface area (Å²) in [4.78, 5) is 2.39. The fourth-order valence-electron chi connectivity index (χ4n) is 3.24. The van der Waals surface area contributed by atoms with Gasteiger partial charge < -0.3 is 10.5 Å². The third kappa shape index (κ3) is 4.57. The highest BCUT2D eigenvalue weighted by Gasteiger charge is 2.32. The normalized spacial score (nSPS) is 25.9. The Morgan fingerprint density at radius 3 is 2.41 bits per heavy atom. The van der Waals surface area contributed by atoms with Crippen LogP contribution in [0, 0.1) is 5.41 Å². The summed E-state index contributed by atoms with van der Waals surface area (Å²) in [6.45, 7) is 10.8. The summed E-state index contributed by atoms with van der Waals surface area (Å²) in [5.41, 5.74) is 6.35. The predicted molar refractivity (Wildman–Crippen MR) is 73.1 cm³/mol. The topological polar surface area (TPSA) is 38.5 Å². The Balaban J connectivity index is 2.55. The van der Waals surface area contributed by atoms with Crippen LogP contribution in [0.1, 0.15) is 47.0 Å². The molecule has 0 amide bonds. The number of hydrogen-bond acceptors (Lipinski definition) is 3. The van der Waals surface area contributed by atoms with Crippen LogP contribution in [0.25, 0.3) is 0 Å². The van der Waals surface area contributed by atoms with Gasteiger partial charge in [-0.15, -0.1) is 0 Å². The zero-order valence-corrected chi connectivity index (χ0v) is 12.2. The van der Waals surface area contributed by atoms with E-state index < -0.39 is 0 Å². The fourth-order valence-corrected chi connectivity index (χ4v) is 3.24. The fraction of sp³-hybridized carbons (Fsp3) is 1.00. The standard InChI is InChI=1S/C14H30N2O/c1-11(15)13(14(2,3)4)16(5)10-12-8-6-7-9-17-12/h11-13H,6-10,15H2,1-5H3. The van der Waals surface area contributed by atoms with Crippen molar-refractivity contribution in [2.75, 3.05) is 20.2 Å². The Bertz CT molecular complexity index is 217. The molecule has 1 aliphatic heterocycles. The summed E-state index contributed by atoms with van der Waals surface area (Å²) < 4.78 is 5.81. The highest BCUT2D eigenvalue weighted by molar-refractivity contribution is 4.89. The van der Waals surface area contributed by atoms with Crippen molar-refractivity contribution in [3.05, 3.63) is 0 Å². The van der Waals surface area contributed by atoms with Gasteiger partial charge in [-0.05, 0) is 38.6 Å². The van der Waals surface area contributed by atoms with Gasteiger partial charge in [0.2, 0.25) is 0 Å². The van der Waals surface area contributed by atoms with Gasteiger partial charge in [-0.3, -0.25) is 4.90 Å². The highest BCUT2D eigenvalue weighted by Crippen LogP contribution is 2.26. The van der Waals surface area contributed by atoms with Gasteiger partial charge in [0.25, 0.3) is 0 Å². The molecule has 0 aliphatic carbocycles. The first kappa shape index (κ1) is 14.9. The molecule has 0 bridgehead atoms. The number of hydrogen-bond donors (Lipinski definition) is 1. The van der Waals surface area contributed by atoms with E-state index in [4.69, 9.17) is 10.5 Å². The van der Waals surface area contributed by atoms with Gasteiger partial charge in [-0.2, -0.15) is 0 Å². The average Bonchev–Trinajstić information content (AvgIpc) is 2.15. The molecule has 1 saturated heterocycles. The molecule has 3 heteroatoms. The zero-order chi connectivity index (χ0) is 13.1. The maximum absolute atomic E-state index is 6.15. The van der Waals surface area contributed by atoms with Gasteiger partial charge in [0, 0.05) is 25.2 Å². The van der Waals surface area contributed by atoms with Crippen molar-refractivity contribution < 1.29 is 4.74 Å². The maximum atomic E-state index is 6.15. The van der Waals surface area contributed by atoms with E-state index in [0.29, 0.717) is 12.1 Å². The van der Waals surface area contributed by atoms with Crippen LogP contribution in [0.3, 0.4) is 0 Å². The third-order valence-corrected chi connectivity index (χ3v) is 3.63. The number of nitrogens with zero attached hydrogens (tertiary/aromatic N) is 1. The van der Waals surface area contributed by atoms with Crippen molar-refractivity contribution in [1.29, 1.82) is 0 Å². The Morgan fingerprint density at radius 2 is 2.00 bits per heavy atom. The number of rotatable bonds is 4. The Kier molecular flexibility index (Phi) is 5.42. The lowest BCUT2D eigenvalue weighted by molar-refractivity contribution is -0.0209. The van der Waals surface area contributed by atoms with Crippen molar-refractivity contribution in [3.8, 4) is 0 Å². The minimum Gasteiger partial charge on any atom is -0.377 e. The van der Waals surface area contributed by atoms with E-state index in [2.05, 4.69) is 39.6 Å². The average molecular weight is 242 g/mol. The molecule has 2 N–H and O–H groups in total. The minimum atomic E-state index is 0.184. The monoisotopic (exact) mass is 242 g/mol. The molecule has 102 valence electrons. The Hall–Kier alpha value is -0.120. The molecule has 0 saturated carbocycles. The summed E-state index contributed by atoms with van der Waals surface area (Å²) in [5, 5.41) is 0. The first-order valence-electron chi connectivity index (χ1n) is 6.90. The van der Waals surface area contributed by atoms with Crippen LogP contribution in [0.5, 0.6) is 0 Å². The van der Waals surface area contributed by atoms with Crippen LogP contribution in [-0.4, -0.2) is 43.3 Å². The van der Waals surface area contributed by atoms with Gasteiger partial charge >= 0.3 is 0 Å². The smallest absolute Gasteiger partial charge is 0.0702 e. The van der Waals surface area contributed by atoms with E-state index >= 15 is 0 Å². The predicted octanol–water partition coefficient (Wildman–Crippen LogP) is 2.25. The summed E-state index contributed by atoms with van der Waals surface area (Å²) >= 11 is 0. The first-order chi connectivity index (χ1) is 7.82. The number of nitrogens with two attached hydrogens (primary N) is 1. The molecule has 3 unspecified atom stereocenters. The molecule has 1 heterocycles. The summed E-state index contributed by atoms with van der Waals surface area (Å²) in [5.74, 6) is 0. The Morgan fingerprint density at radius 1 is 1.35 bits per heavy atom. The van der Waals surface area contributed by atoms with Crippen molar-refractivity contribution >= 4 is 0 Å². The summed E-state index contributed by atoms with van der Waals surface area (Å²) in [7, 11) is 2.18. The second kappa shape index (κ2) is 6.17. The van der Waals surface area contributed by atoms with Gasteiger partial charge in [0.15, 0.2) is 0 Å². The molecular formula is C14H30N2O. The molecule has 17 heavy (non-hydrogen) atoms. The molecule has 1 rings (SSSR count). The molecule has 0 aromatic rings. The molecule has 0 aromatic heterocycles. The van der Waals surface area contributed by atoms with Crippen LogP contribution in [0.15, 0.2) is 0 Å². The number of likely N-dealkylation sites (N-methyl/N-ethyl adjacent to an activating group) is 1. The molecule has 0 spiro atoms. The zero-order valence-electron chi connectivity index (χ0n) is 12.2. The third-order valence-electron chi connectivity index (χ3n) is 3.63. The van der Waals surface area contributed by atoms with Crippen molar-refractivity contribution in [1.82, 2.24) is 4.90 Å². The quantitative estimate of drug-likeness (QED) is 0.822. The first-order valence-corrected chi connectivity index (χ1v) is 6.90. The number of ether oxygens (including phenoxy) is 1. The van der Waals surface area contributed by atoms with Crippen LogP contribution < -0.4 is 5.73 Å². The van der Waals surface area contributed by atoms with E-state index in [0.717, 1.165) is 13.2 Å². The SMILES string of the molecule is CC(N)C(N(C)CC1CCCCO1)C(C)(C)C. The largest absolute Gasteiger partial charge is 0.377 e. The van der Waals surface area contributed by atoms with E-state index in [1.54, 1.807) is 0 Å². The van der Waals surface area contributed by atoms with E-state index in [9.17, 15) is 0 Å². The van der Waals surface area contributed by atoms with Gasteiger partial charge in [-0.25, -0.2) is 0 Å². The van der Waals surface area contributed by atoms with Crippen molar-refractivity contribution in [2.24, 2.45) is 11.1 Å². The van der Waals surface area contributed by atoms with Crippen LogP contribution in [-0.2, 0) is 4.74 Å². The molecule has 1 fully saturated rings. The maximum Gasteiger partial charge on any atom is 0.0702 e. The lowest BCUT2D eigenvalue weighted by Crippen LogP contribution is -2.54. The van der Waals surface area contributed by atoms with E-state index in [1.807, 2.05) is 0 Å². The van der Waals surface area contributed by atoms with Crippen LogP contribution in [0.4, 0.5) is 0 Å². The summed E-state index contributed by atoms with van der Waals surface area (Å²) in [6, 6.07) is 0.580. The molecule has 3 atom stereocenters. The molecule has 0 radical (unpaired) electrons. The molecule has 0 aromatic carbocycles. The summed E-state index contributed by atoms with van der Waals surface area (Å²) in [6.07, 6.45) is 4.12. The van der Waals surface area contributed by atoms with E-state index in [-0.39, 0.29) is 11.5 Å². The van der Waals surface area contributed by atoms with Gasteiger partial charge in [-0.1, -0.05) is 20.8 Å². The molecule has 1 aliphatic rings. The second-order valence-corrected chi connectivity index (χ2v) is 6.60.